The third-order valence-electron chi connectivity index (χ3n) is 3.49. The maximum atomic E-state index is 4.59. The quantitative estimate of drug-likeness (QED) is 0.779. The van der Waals surface area contributed by atoms with Crippen molar-refractivity contribution in [3.8, 4) is 11.5 Å². The van der Waals surface area contributed by atoms with Gasteiger partial charge in [0.05, 0.1) is 0 Å². The number of pyridine rings is 1. The minimum absolute atomic E-state index is 0.421. The summed E-state index contributed by atoms with van der Waals surface area (Å²) < 4.78 is 1.73. The summed E-state index contributed by atoms with van der Waals surface area (Å²) in [5.74, 6) is 1.48. The predicted molar refractivity (Wildman–Crippen MR) is 82.0 cm³/mol. The first-order valence-corrected chi connectivity index (χ1v) is 7.22. The fourth-order valence-corrected chi connectivity index (χ4v) is 2.22. The molecule has 0 aliphatic carbocycles. The molecule has 21 heavy (non-hydrogen) atoms. The molecule has 0 spiro atoms. The Morgan fingerprint density at radius 1 is 1.10 bits per heavy atom. The molecule has 3 aromatic rings. The summed E-state index contributed by atoms with van der Waals surface area (Å²) in [6, 6.07) is 9.97. The zero-order valence-corrected chi connectivity index (χ0v) is 12.2. The van der Waals surface area contributed by atoms with Crippen molar-refractivity contribution in [3.05, 3.63) is 36.5 Å². The molecule has 6 nitrogen and oxygen atoms in total. The maximum Gasteiger partial charge on any atom is 0.203 e. The summed E-state index contributed by atoms with van der Waals surface area (Å²) in [6.45, 7) is 4.33. The molecule has 0 aromatic carbocycles. The SMILES string of the molecule is CCC(CC)Nc1ccc2nnc(-c3ccccn3)n2n1. The number of rotatable bonds is 5. The zero-order valence-electron chi connectivity index (χ0n) is 12.2. The first kappa shape index (κ1) is 13.5. The van der Waals surface area contributed by atoms with E-state index in [-0.39, 0.29) is 0 Å². The Morgan fingerprint density at radius 3 is 2.67 bits per heavy atom. The van der Waals surface area contributed by atoms with Crippen LogP contribution in [0.25, 0.3) is 17.2 Å². The second-order valence-electron chi connectivity index (χ2n) is 4.88. The van der Waals surface area contributed by atoms with Gasteiger partial charge < -0.3 is 5.32 Å². The highest BCUT2D eigenvalue weighted by Gasteiger charge is 2.11. The first-order valence-electron chi connectivity index (χ1n) is 7.22. The van der Waals surface area contributed by atoms with Gasteiger partial charge in [0.25, 0.3) is 0 Å². The molecular weight excluding hydrogens is 264 g/mol. The van der Waals surface area contributed by atoms with E-state index < -0.39 is 0 Å². The number of fused-ring (bicyclic) bond motifs is 1. The van der Waals surface area contributed by atoms with Gasteiger partial charge >= 0.3 is 0 Å². The van der Waals surface area contributed by atoms with E-state index in [1.54, 1.807) is 10.7 Å². The molecule has 0 fully saturated rings. The Bertz CT molecular complexity index is 717. The van der Waals surface area contributed by atoms with Gasteiger partial charge in [-0.3, -0.25) is 4.98 Å². The highest BCUT2D eigenvalue weighted by Crippen LogP contribution is 2.16. The van der Waals surface area contributed by atoms with E-state index >= 15 is 0 Å². The fraction of sp³-hybridized carbons (Fsp3) is 0.333. The summed E-state index contributed by atoms with van der Waals surface area (Å²) in [5.41, 5.74) is 1.47. The molecule has 6 heteroatoms. The monoisotopic (exact) mass is 282 g/mol. The van der Waals surface area contributed by atoms with E-state index in [1.165, 1.54) is 0 Å². The molecule has 1 N–H and O–H groups in total. The van der Waals surface area contributed by atoms with Crippen LogP contribution in [0.15, 0.2) is 36.5 Å². The van der Waals surface area contributed by atoms with Crippen molar-refractivity contribution >= 4 is 11.5 Å². The van der Waals surface area contributed by atoms with E-state index in [1.807, 2.05) is 30.3 Å². The van der Waals surface area contributed by atoms with Crippen LogP contribution in [0.5, 0.6) is 0 Å². The molecule has 0 aliphatic rings. The number of anilines is 1. The molecule has 0 unspecified atom stereocenters. The zero-order chi connectivity index (χ0) is 14.7. The highest BCUT2D eigenvalue weighted by molar-refractivity contribution is 5.55. The topological polar surface area (TPSA) is 68.0 Å². The Kier molecular flexibility index (Phi) is 3.77. The lowest BCUT2D eigenvalue weighted by atomic mass is 10.2. The molecule has 0 radical (unpaired) electrons. The van der Waals surface area contributed by atoms with Crippen molar-refractivity contribution in [1.29, 1.82) is 0 Å². The lowest BCUT2D eigenvalue weighted by Gasteiger charge is -2.15. The largest absolute Gasteiger partial charge is 0.366 e. The second kappa shape index (κ2) is 5.87. The van der Waals surface area contributed by atoms with Gasteiger partial charge in [0.1, 0.15) is 11.5 Å². The van der Waals surface area contributed by atoms with Gasteiger partial charge in [-0.05, 0) is 37.1 Å². The van der Waals surface area contributed by atoms with Gasteiger partial charge in [0, 0.05) is 12.2 Å². The Balaban J connectivity index is 2.00. The number of aromatic nitrogens is 5. The van der Waals surface area contributed by atoms with Crippen molar-refractivity contribution < 1.29 is 0 Å². The van der Waals surface area contributed by atoms with Crippen LogP contribution >= 0.6 is 0 Å². The molecule has 0 bridgehead atoms. The smallest absolute Gasteiger partial charge is 0.203 e. The van der Waals surface area contributed by atoms with Crippen molar-refractivity contribution in [2.75, 3.05) is 5.32 Å². The molecule has 0 amide bonds. The van der Waals surface area contributed by atoms with E-state index in [0.29, 0.717) is 17.5 Å². The predicted octanol–water partition coefficient (Wildman–Crippen LogP) is 2.79. The highest BCUT2D eigenvalue weighted by atomic mass is 15.4. The molecular formula is C15H18N6. The molecule has 3 heterocycles. The molecule has 3 aromatic heterocycles. The number of nitrogens with zero attached hydrogens (tertiary/aromatic N) is 5. The maximum absolute atomic E-state index is 4.59. The molecule has 3 rings (SSSR count). The van der Waals surface area contributed by atoms with Gasteiger partial charge in [0.15, 0.2) is 5.65 Å². The number of hydrogen-bond acceptors (Lipinski definition) is 5. The number of hydrogen-bond donors (Lipinski definition) is 1. The van der Waals surface area contributed by atoms with Crippen molar-refractivity contribution in [1.82, 2.24) is 24.8 Å². The summed E-state index contributed by atoms with van der Waals surface area (Å²) >= 11 is 0. The van der Waals surface area contributed by atoms with Crippen LogP contribution in [0, 0.1) is 0 Å². The molecule has 0 atom stereocenters. The third kappa shape index (κ3) is 2.69. The van der Waals surface area contributed by atoms with Crippen LogP contribution in [-0.2, 0) is 0 Å². The van der Waals surface area contributed by atoms with Crippen LogP contribution in [0.4, 0.5) is 5.82 Å². The average Bonchev–Trinajstić information content (AvgIpc) is 2.96. The van der Waals surface area contributed by atoms with E-state index in [2.05, 4.69) is 39.4 Å². The molecule has 0 aliphatic heterocycles. The van der Waals surface area contributed by atoms with E-state index in [4.69, 9.17) is 0 Å². The number of nitrogens with one attached hydrogen (secondary N) is 1. The Hall–Kier alpha value is -2.50. The van der Waals surface area contributed by atoms with Gasteiger partial charge in [-0.25, -0.2) is 0 Å². The van der Waals surface area contributed by atoms with Gasteiger partial charge in [0.2, 0.25) is 5.82 Å². The van der Waals surface area contributed by atoms with E-state index in [0.717, 1.165) is 24.4 Å². The van der Waals surface area contributed by atoms with Crippen LogP contribution < -0.4 is 5.32 Å². The first-order chi connectivity index (χ1) is 10.3. The summed E-state index contributed by atoms with van der Waals surface area (Å²) in [4.78, 5) is 4.31. The summed E-state index contributed by atoms with van der Waals surface area (Å²) in [7, 11) is 0. The molecule has 108 valence electrons. The van der Waals surface area contributed by atoms with Gasteiger partial charge in [-0.15, -0.1) is 15.3 Å². The minimum atomic E-state index is 0.421. The third-order valence-corrected chi connectivity index (χ3v) is 3.49. The Morgan fingerprint density at radius 2 is 1.95 bits per heavy atom. The lowest BCUT2D eigenvalue weighted by molar-refractivity contribution is 0.665. The standard InChI is InChI=1S/C15H18N6/c1-3-11(4-2)17-13-8-9-14-18-19-15(21(14)20-13)12-7-5-6-10-16-12/h5-11H,3-4H2,1-2H3,(H,17,20). The van der Waals surface area contributed by atoms with E-state index in [9.17, 15) is 0 Å². The van der Waals surface area contributed by atoms with Crippen LogP contribution in [-0.4, -0.2) is 30.8 Å². The van der Waals surface area contributed by atoms with Crippen molar-refractivity contribution in [3.63, 3.8) is 0 Å². The lowest BCUT2D eigenvalue weighted by Crippen LogP contribution is -2.18. The summed E-state index contributed by atoms with van der Waals surface area (Å²) in [5, 5.41) is 16.3. The molecule has 0 saturated heterocycles. The Labute approximate surface area is 123 Å². The molecule has 0 saturated carbocycles. The summed E-state index contributed by atoms with van der Waals surface area (Å²) in [6.07, 6.45) is 3.86. The van der Waals surface area contributed by atoms with Crippen LogP contribution in [0.3, 0.4) is 0 Å². The van der Waals surface area contributed by atoms with Crippen LogP contribution in [0.1, 0.15) is 26.7 Å². The normalized spacial score (nSPS) is 11.2. The van der Waals surface area contributed by atoms with Crippen molar-refractivity contribution in [2.24, 2.45) is 0 Å². The van der Waals surface area contributed by atoms with Crippen LogP contribution in [0.2, 0.25) is 0 Å². The second-order valence-corrected chi connectivity index (χ2v) is 4.88. The average molecular weight is 282 g/mol. The van der Waals surface area contributed by atoms with Gasteiger partial charge in [-0.2, -0.15) is 4.52 Å². The minimum Gasteiger partial charge on any atom is -0.366 e. The fourth-order valence-electron chi connectivity index (χ4n) is 2.22. The van der Waals surface area contributed by atoms with Crippen molar-refractivity contribution in [2.45, 2.75) is 32.7 Å². The van der Waals surface area contributed by atoms with Gasteiger partial charge in [-0.1, -0.05) is 19.9 Å².